The lowest BCUT2D eigenvalue weighted by Gasteiger charge is -2.23. The van der Waals surface area contributed by atoms with Crippen LogP contribution >= 0.6 is 0 Å². The van der Waals surface area contributed by atoms with Gasteiger partial charge in [0.15, 0.2) is 5.96 Å². The van der Waals surface area contributed by atoms with Gasteiger partial charge in [-0.15, -0.1) is 0 Å². The molecule has 0 aromatic heterocycles. The molecule has 0 heterocycles. The highest BCUT2D eigenvalue weighted by atomic mass is 16.5. The Hall–Kier alpha value is -3.02. The highest BCUT2D eigenvalue weighted by molar-refractivity contribution is 5.88. The van der Waals surface area contributed by atoms with E-state index in [0.717, 1.165) is 35.9 Å². The van der Waals surface area contributed by atoms with Crippen LogP contribution in [0.25, 0.3) is 0 Å². The first-order valence-electron chi connectivity index (χ1n) is 9.51. The largest absolute Gasteiger partial charge is 0.496 e. The third-order valence-corrected chi connectivity index (χ3v) is 4.23. The average Bonchev–Trinajstić information content (AvgIpc) is 2.68. The van der Waals surface area contributed by atoms with Gasteiger partial charge in [-0.05, 0) is 37.1 Å². The molecule has 0 aliphatic carbocycles. The van der Waals surface area contributed by atoms with Crippen molar-refractivity contribution in [3.63, 3.8) is 0 Å². The molecule has 0 saturated heterocycles. The van der Waals surface area contributed by atoms with Gasteiger partial charge in [0, 0.05) is 44.9 Å². The third-order valence-electron chi connectivity index (χ3n) is 4.23. The van der Waals surface area contributed by atoms with Crippen molar-refractivity contribution in [3.05, 3.63) is 59.7 Å². The summed E-state index contributed by atoms with van der Waals surface area (Å²) in [5.41, 5.74) is 3.11. The van der Waals surface area contributed by atoms with Crippen LogP contribution in [0.1, 0.15) is 25.0 Å². The van der Waals surface area contributed by atoms with E-state index >= 15 is 0 Å². The van der Waals surface area contributed by atoms with Gasteiger partial charge < -0.3 is 20.3 Å². The van der Waals surface area contributed by atoms with Gasteiger partial charge in [0.1, 0.15) is 5.75 Å². The SMILES string of the molecule is CCNC(=NCCc1ccc(NC(C)=O)cc1)N(C)Cc1ccccc1OC. The lowest BCUT2D eigenvalue weighted by atomic mass is 10.1. The normalized spacial score (nSPS) is 11.1. The van der Waals surface area contributed by atoms with Crippen LogP contribution in [0, 0.1) is 0 Å². The maximum atomic E-state index is 11.1. The number of guanidine groups is 1. The van der Waals surface area contributed by atoms with Crippen molar-refractivity contribution in [3.8, 4) is 5.75 Å². The number of carbonyl (C=O) groups is 1. The number of methoxy groups -OCH3 is 1. The number of para-hydroxylation sites is 1. The monoisotopic (exact) mass is 382 g/mol. The number of hydrogen-bond donors (Lipinski definition) is 2. The summed E-state index contributed by atoms with van der Waals surface area (Å²) in [6.07, 6.45) is 0.831. The minimum atomic E-state index is -0.0642. The number of hydrogen-bond acceptors (Lipinski definition) is 3. The topological polar surface area (TPSA) is 66.0 Å². The second-order valence-corrected chi connectivity index (χ2v) is 6.53. The van der Waals surface area contributed by atoms with Crippen molar-refractivity contribution in [1.29, 1.82) is 0 Å². The minimum absolute atomic E-state index is 0.0642. The number of carbonyl (C=O) groups excluding carboxylic acids is 1. The minimum Gasteiger partial charge on any atom is -0.496 e. The molecule has 0 spiro atoms. The summed E-state index contributed by atoms with van der Waals surface area (Å²) in [6.45, 7) is 5.76. The summed E-state index contributed by atoms with van der Waals surface area (Å²) in [7, 11) is 3.71. The number of rotatable bonds is 8. The van der Waals surface area contributed by atoms with Crippen molar-refractivity contribution in [1.82, 2.24) is 10.2 Å². The van der Waals surface area contributed by atoms with E-state index in [9.17, 15) is 4.79 Å². The van der Waals surface area contributed by atoms with Gasteiger partial charge in [0.25, 0.3) is 0 Å². The van der Waals surface area contributed by atoms with E-state index in [-0.39, 0.29) is 5.91 Å². The fourth-order valence-electron chi connectivity index (χ4n) is 2.88. The van der Waals surface area contributed by atoms with E-state index in [1.54, 1.807) is 7.11 Å². The molecule has 150 valence electrons. The summed E-state index contributed by atoms with van der Waals surface area (Å²) in [4.78, 5) is 17.9. The molecule has 2 N–H and O–H groups in total. The van der Waals surface area contributed by atoms with Gasteiger partial charge >= 0.3 is 0 Å². The Morgan fingerprint density at radius 1 is 1.14 bits per heavy atom. The first-order valence-corrected chi connectivity index (χ1v) is 9.51. The second kappa shape index (κ2) is 11.0. The zero-order valence-electron chi connectivity index (χ0n) is 17.2. The average molecular weight is 383 g/mol. The summed E-state index contributed by atoms with van der Waals surface area (Å²) in [5, 5.41) is 6.12. The zero-order chi connectivity index (χ0) is 20.4. The van der Waals surface area contributed by atoms with E-state index in [1.807, 2.05) is 49.5 Å². The van der Waals surface area contributed by atoms with Crippen molar-refractivity contribution in [2.24, 2.45) is 4.99 Å². The molecule has 2 rings (SSSR count). The van der Waals surface area contributed by atoms with Crippen molar-refractivity contribution < 1.29 is 9.53 Å². The van der Waals surface area contributed by atoms with Crippen LogP contribution in [0.3, 0.4) is 0 Å². The number of ether oxygens (including phenoxy) is 1. The number of aliphatic imine (C=N–C) groups is 1. The fraction of sp³-hybridized carbons (Fsp3) is 0.364. The quantitative estimate of drug-likeness (QED) is 0.543. The van der Waals surface area contributed by atoms with E-state index in [2.05, 4.69) is 28.5 Å². The second-order valence-electron chi connectivity index (χ2n) is 6.53. The maximum absolute atomic E-state index is 11.1. The number of amides is 1. The fourth-order valence-corrected chi connectivity index (χ4v) is 2.88. The smallest absolute Gasteiger partial charge is 0.221 e. The molecule has 0 fully saturated rings. The Labute approximate surface area is 167 Å². The molecule has 0 aliphatic rings. The third kappa shape index (κ3) is 6.61. The van der Waals surface area contributed by atoms with E-state index in [4.69, 9.17) is 9.73 Å². The summed E-state index contributed by atoms with van der Waals surface area (Å²) in [6, 6.07) is 15.9. The number of anilines is 1. The molecule has 0 bridgehead atoms. The molecule has 0 radical (unpaired) electrons. The molecule has 0 saturated carbocycles. The summed E-state index contributed by atoms with van der Waals surface area (Å²) in [5.74, 6) is 1.68. The van der Waals surface area contributed by atoms with E-state index in [0.29, 0.717) is 13.1 Å². The molecule has 0 aliphatic heterocycles. The Morgan fingerprint density at radius 3 is 2.50 bits per heavy atom. The van der Waals surface area contributed by atoms with Gasteiger partial charge in [-0.2, -0.15) is 0 Å². The molecular weight excluding hydrogens is 352 g/mol. The van der Waals surface area contributed by atoms with Crippen LogP contribution < -0.4 is 15.4 Å². The Balaban J connectivity index is 1.98. The van der Waals surface area contributed by atoms with Gasteiger partial charge in [-0.3, -0.25) is 9.79 Å². The van der Waals surface area contributed by atoms with Crippen molar-refractivity contribution in [2.75, 3.05) is 32.6 Å². The van der Waals surface area contributed by atoms with Crippen molar-refractivity contribution in [2.45, 2.75) is 26.8 Å². The lowest BCUT2D eigenvalue weighted by molar-refractivity contribution is -0.114. The highest BCUT2D eigenvalue weighted by Gasteiger charge is 2.09. The predicted molar refractivity (Wildman–Crippen MR) is 115 cm³/mol. The highest BCUT2D eigenvalue weighted by Crippen LogP contribution is 2.18. The Morgan fingerprint density at radius 2 is 1.86 bits per heavy atom. The van der Waals surface area contributed by atoms with Crippen LogP contribution in [0.15, 0.2) is 53.5 Å². The molecule has 2 aromatic carbocycles. The summed E-state index contributed by atoms with van der Waals surface area (Å²) >= 11 is 0. The number of nitrogens with one attached hydrogen (secondary N) is 2. The molecule has 6 heteroatoms. The molecule has 1 amide bonds. The number of nitrogens with zero attached hydrogens (tertiary/aromatic N) is 2. The Kier molecular flexibility index (Phi) is 8.34. The number of benzene rings is 2. The van der Waals surface area contributed by atoms with Gasteiger partial charge in [0.2, 0.25) is 5.91 Å². The van der Waals surface area contributed by atoms with Crippen LogP contribution in [-0.4, -0.2) is 44.0 Å². The molecule has 28 heavy (non-hydrogen) atoms. The van der Waals surface area contributed by atoms with Gasteiger partial charge in [-0.25, -0.2) is 0 Å². The van der Waals surface area contributed by atoms with Crippen LogP contribution in [0.5, 0.6) is 5.75 Å². The molecule has 0 atom stereocenters. The molecular formula is C22H30N4O2. The van der Waals surface area contributed by atoms with E-state index < -0.39 is 0 Å². The zero-order valence-corrected chi connectivity index (χ0v) is 17.2. The van der Waals surface area contributed by atoms with Gasteiger partial charge in [0.05, 0.1) is 7.11 Å². The van der Waals surface area contributed by atoms with Crippen LogP contribution in [0.2, 0.25) is 0 Å². The van der Waals surface area contributed by atoms with Crippen molar-refractivity contribution >= 4 is 17.6 Å². The first kappa shape index (κ1) is 21.3. The molecule has 2 aromatic rings. The first-order chi connectivity index (χ1) is 13.5. The lowest BCUT2D eigenvalue weighted by Crippen LogP contribution is -2.38. The molecule has 6 nitrogen and oxygen atoms in total. The van der Waals surface area contributed by atoms with Crippen LogP contribution in [0.4, 0.5) is 5.69 Å². The maximum Gasteiger partial charge on any atom is 0.221 e. The molecule has 0 unspecified atom stereocenters. The van der Waals surface area contributed by atoms with Crippen LogP contribution in [-0.2, 0) is 17.8 Å². The standard InChI is InChI=1S/C22H30N4O2/c1-5-23-22(26(3)16-19-8-6-7-9-21(19)28-4)24-15-14-18-10-12-20(13-11-18)25-17(2)27/h6-13H,5,14-16H2,1-4H3,(H,23,24)(H,25,27). The Bertz CT molecular complexity index is 787. The summed E-state index contributed by atoms with van der Waals surface area (Å²) < 4.78 is 5.45. The predicted octanol–water partition coefficient (Wildman–Crippen LogP) is 3.29. The van der Waals surface area contributed by atoms with Gasteiger partial charge in [-0.1, -0.05) is 30.3 Å². The van der Waals surface area contributed by atoms with E-state index in [1.165, 1.54) is 12.5 Å².